The van der Waals surface area contributed by atoms with Crippen LogP contribution < -0.4 is 0 Å². The van der Waals surface area contributed by atoms with Gasteiger partial charge in [0, 0.05) is 5.92 Å². The van der Waals surface area contributed by atoms with Gasteiger partial charge in [-0.2, -0.15) is 0 Å². The average molecular weight is 205 g/mol. The summed E-state index contributed by atoms with van der Waals surface area (Å²) in [5.74, 6) is 0.556. The second-order valence-electron chi connectivity index (χ2n) is 4.63. The first kappa shape index (κ1) is 9.07. The van der Waals surface area contributed by atoms with Gasteiger partial charge in [0.15, 0.2) is 6.29 Å². The van der Waals surface area contributed by atoms with Crippen molar-refractivity contribution in [2.24, 2.45) is 0 Å². The number of aromatic nitrogens is 3. The van der Waals surface area contributed by atoms with E-state index >= 15 is 0 Å². The van der Waals surface area contributed by atoms with Crippen molar-refractivity contribution in [3.63, 3.8) is 0 Å². The Bertz CT molecular complexity index is 375. The van der Waals surface area contributed by atoms with Gasteiger partial charge in [-0.05, 0) is 25.7 Å². The summed E-state index contributed by atoms with van der Waals surface area (Å²) < 4.78 is 2.04. The molecule has 4 heteroatoms. The molecular weight excluding hydrogens is 190 g/mol. The van der Waals surface area contributed by atoms with Crippen molar-refractivity contribution >= 4 is 6.29 Å². The highest BCUT2D eigenvalue weighted by Crippen LogP contribution is 2.43. The van der Waals surface area contributed by atoms with Crippen molar-refractivity contribution < 1.29 is 4.79 Å². The summed E-state index contributed by atoms with van der Waals surface area (Å²) in [5.41, 5.74) is 1.68. The van der Waals surface area contributed by atoms with Gasteiger partial charge >= 0.3 is 0 Å². The van der Waals surface area contributed by atoms with Gasteiger partial charge in [0.2, 0.25) is 0 Å². The summed E-state index contributed by atoms with van der Waals surface area (Å²) in [6.07, 6.45) is 8.20. The molecule has 0 unspecified atom stereocenters. The van der Waals surface area contributed by atoms with E-state index < -0.39 is 0 Å². The van der Waals surface area contributed by atoms with Crippen LogP contribution in [0.1, 0.15) is 66.7 Å². The first-order valence-electron chi connectivity index (χ1n) is 5.80. The molecule has 2 aliphatic rings. The Hall–Kier alpha value is -1.19. The fourth-order valence-corrected chi connectivity index (χ4v) is 2.57. The van der Waals surface area contributed by atoms with E-state index in [1.54, 1.807) is 0 Å². The number of nitrogens with zero attached hydrogens (tertiary/aromatic N) is 3. The lowest BCUT2D eigenvalue weighted by molar-refractivity contribution is 0.111. The molecule has 4 nitrogen and oxygen atoms in total. The summed E-state index contributed by atoms with van der Waals surface area (Å²) in [6.45, 7) is 0. The van der Waals surface area contributed by atoms with Crippen LogP contribution in [0.2, 0.25) is 0 Å². The molecular formula is C11H15N3O. The van der Waals surface area contributed by atoms with Crippen molar-refractivity contribution in [3.8, 4) is 0 Å². The Morgan fingerprint density at radius 1 is 1.20 bits per heavy atom. The average Bonchev–Trinajstić information content (AvgIpc) is 2.83. The lowest BCUT2D eigenvalue weighted by Gasteiger charge is -2.12. The van der Waals surface area contributed by atoms with Crippen LogP contribution in [0.5, 0.6) is 0 Å². The third kappa shape index (κ3) is 1.48. The normalized spacial score (nSPS) is 22.1. The van der Waals surface area contributed by atoms with E-state index in [0.717, 1.165) is 12.0 Å². The van der Waals surface area contributed by atoms with Crippen LogP contribution in [0.15, 0.2) is 0 Å². The predicted octanol–water partition coefficient (Wildman–Crippen LogP) is 2.08. The monoisotopic (exact) mass is 205 g/mol. The van der Waals surface area contributed by atoms with Crippen molar-refractivity contribution in [2.45, 2.75) is 50.5 Å². The SMILES string of the molecule is O=Cc1nnn(C2CCCC2)c1C1CC1. The van der Waals surface area contributed by atoms with Crippen LogP contribution in [0.4, 0.5) is 0 Å². The Morgan fingerprint density at radius 3 is 2.53 bits per heavy atom. The Labute approximate surface area is 88.7 Å². The molecule has 2 aliphatic carbocycles. The molecule has 1 heterocycles. The minimum Gasteiger partial charge on any atom is -0.296 e. The molecule has 0 spiro atoms. The van der Waals surface area contributed by atoms with Crippen LogP contribution in [-0.4, -0.2) is 21.3 Å². The number of rotatable bonds is 3. The third-order valence-electron chi connectivity index (χ3n) is 3.50. The highest BCUT2D eigenvalue weighted by molar-refractivity contribution is 5.73. The molecule has 0 amide bonds. The van der Waals surface area contributed by atoms with E-state index in [2.05, 4.69) is 10.3 Å². The van der Waals surface area contributed by atoms with E-state index in [-0.39, 0.29) is 0 Å². The van der Waals surface area contributed by atoms with E-state index in [1.807, 2.05) is 4.68 Å². The predicted molar refractivity (Wildman–Crippen MR) is 54.9 cm³/mol. The standard InChI is InChI=1S/C11H15N3O/c15-7-10-11(8-5-6-8)14(13-12-10)9-3-1-2-4-9/h7-9H,1-6H2. The van der Waals surface area contributed by atoms with E-state index in [4.69, 9.17) is 0 Å². The minimum atomic E-state index is 0.502. The van der Waals surface area contributed by atoms with E-state index in [1.165, 1.54) is 38.5 Å². The Balaban J connectivity index is 1.98. The maximum Gasteiger partial charge on any atom is 0.172 e. The first-order valence-corrected chi connectivity index (χ1v) is 5.80. The van der Waals surface area contributed by atoms with Gasteiger partial charge in [0.05, 0.1) is 11.7 Å². The molecule has 1 aromatic heterocycles. The molecule has 0 radical (unpaired) electrons. The molecule has 0 bridgehead atoms. The van der Waals surface area contributed by atoms with Gasteiger partial charge in [-0.25, -0.2) is 4.68 Å². The molecule has 2 fully saturated rings. The molecule has 2 saturated carbocycles. The fourth-order valence-electron chi connectivity index (χ4n) is 2.57. The van der Waals surface area contributed by atoms with E-state index in [9.17, 15) is 4.79 Å². The van der Waals surface area contributed by atoms with Gasteiger partial charge in [0.25, 0.3) is 0 Å². The highest BCUT2D eigenvalue weighted by atomic mass is 16.1. The van der Waals surface area contributed by atoms with Crippen LogP contribution in [0.25, 0.3) is 0 Å². The Morgan fingerprint density at radius 2 is 1.93 bits per heavy atom. The number of carbonyl (C=O) groups excluding carboxylic acids is 1. The van der Waals surface area contributed by atoms with Gasteiger partial charge in [-0.1, -0.05) is 18.1 Å². The zero-order valence-corrected chi connectivity index (χ0v) is 8.72. The van der Waals surface area contributed by atoms with Gasteiger partial charge in [-0.15, -0.1) is 5.10 Å². The molecule has 0 aliphatic heterocycles. The smallest absolute Gasteiger partial charge is 0.172 e. The van der Waals surface area contributed by atoms with E-state index in [0.29, 0.717) is 17.7 Å². The first-order chi connectivity index (χ1) is 7.40. The summed E-state index contributed by atoms with van der Waals surface area (Å²) >= 11 is 0. The molecule has 1 aromatic rings. The topological polar surface area (TPSA) is 47.8 Å². The number of carbonyl (C=O) groups is 1. The van der Waals surface area contributed by atoms with Crippen molar-refractivity contribution in [1.82, 2.24) is 15.0 Å². The molecule has 80 valence electrons. The zero-order valence-electron chi connectivity index (χ0n) is 8.72. The van der Waals surface area contributed by atoms with Gasteiger partial charge in [0.1, 0.15) is 5.69 Å². The van der Waals surface area contributed by atoms with Crippen LogP contribution in [-0.2, 0) is 0 Å². The highest BCUT2D eigenvalue weighted by Gasteiger charge is 2.33. The van der Waals surface area contributed by atoms with Gasteiger partial charge in [-0.3, -0.25) is 4.79 Å². The van der Waals surface area contributed by atoms with Crippen LogP contribution in [0, 0.1) is 0 Å². The zero-order chi connectivity index (χ0) is 10.3. The number of aldehydes is 1. The third-order valence-corrected chi connectivity index (χ3v) is 3.50. The van der Waals surface area contributed by atoms with Crippen molar-refractivity contribution in [1.29, 1.82) is 0 Å². The minimum absolute atomic E-state index is 0.502. The largest absolute Gasteiger partial charge is 0.296 e. The van der Waals surface area contributed by atoms with Crippen molar-refractivity contribution in [3.05, 3.63) is 11.4 Å². The lowest BCUT2D eigenvalue weighted by Crippen LogP contribution is -2.10. The molecule has 0 aromatic carbocycles. The van der Waals surface area contributed by atoms with Crippen LogP contribution >= 0.6 is 0 Å². The summed E-state index contributed by atoms with van der Waals surface area (Å²) in [6, 6.07) is 0.502. The second-order valence-corrected chi connectivity index (χ2v) is 4.63. The molecule has 15 heavy (non-hydrogen) atoms. The molecule has 0 N–H and O–H groups in total. The number of hydrogen-bond acceptors (Lipinski definition) is 3. The maximum atomic E-state index is 10.9. The maximum absolute atomic E-state index is 10.9. The molecule has 0 atom stereocenters. The number of hydrogen-bond donors (Lipinski definition) is 0. The quantitative estimate of drug-likeness (QED) is 0.710. The molecule has 0 saturated heterocycles. The molecule has 3 rings (SSSR count). The summed E-state index contributed by atoms with van der Waals surface area (Å²) in [5, 5.41) is 8.15. The lowest BCUT2D eigenvalue weighted by atomic mass is 10.2. The van der Waals surface area contributed by atoms with Gasteiger partial charge < -0.3 is 0 Å². The fraction of sp³-hybridized carbons (Fsp3) is 0.727. The second kappa shape index (κ2) is 3.43. The van der Waals surface area contributed by atoms with Crippen LogP contribution in [0.3, 0.4) is 0 Å². The Kier molecular flexibility index (Phi) is 2.08. The summed E-state index contributed by atoms with van der Waals surface area (Å²) in [7, 11) is 0. The van der Waals surface area contributed by atoms with Crippen molar-refractivity contribution in [2.75, 3.05) is 0 Å². The summed E-state index contributed by atoms with van der Waals surface area (Å²) in [4.78, 5) is 10.9.